The third-order valence-electron chi connectivity index (χ3n) is 3.36. The zero-order chi connectivity index (χ0) is 15.0. The van der Waals surface area contributed by atoms with Crippen LogP contribution in [0.1, 0.15) is 18.9 Å². The van der Waals surface area contributed by atoms with Crippen LogP contribution in [-0.4, -0.2) is 24.8 Å². The summed E-state index contributed by atoms with van der Waals surface area (Å²) in [5.41, 5.74) is 4.50. The lowest BCUT2D eigenvalue weighted by Gasteiger charge is -2.31. The molecule has 0 radical (unpaired) electrons. The van der Waals surface area contributed by atoms with E-state index in [1.807, 2.05) is 0 Å². The number of amides is 1. The van der Waals surface area contributed by atoms with Crippen molar-refractivity contribution in [3.05, 3.63) is 29.8 Å². The molecule has 2 rings (SSSR count). The second-order valence-electron chi connectivity index (χ2n) is 4.97. The Labute approximate surface area is 114 Å². The van der Waals surface area contributed by atoms with Gasteiger partial charge in [-0.05, 0) is 44.2 Å². The van der Waals surface area contributed by atoms with Crippen LogP contribution in [0.2, 0.25) is 0 Å². The molecule has 1 aromatic rings. The Hall–Kier alpha value is -1.76. The van der Waals surface area contributed by atoms with Crippen molar-refractivity contribution in [2.24, 2.45) is 5.73 Å². The van der Waals surface area contributed by atoms with Gasteiger partial charge in [-0.25, -0.2) is 4.79 Å². The molecule has 0 aromatic heterocycles. The van der Waals surface area contributed by atoms with E-state index in [1.54, 1.807) is 6.92 Å². The van der Waals surface area contributed by atoms with Gasteiger partial charge in [0.15, 0.2) is 0 Å². The third-order valence-corrected chi connectivity index (χ3v) is 3.36. The lowest BCUT2D eigenvalue weighted by atomic mass is 9.97. The van der Waals surface area contributed by atoms with E-state index < -0.39 is 23.4 Å². The second kappa shape index (κ2) is 4.97. The molecule has 0 spiro atoms. The quantitative estimate of drug-likeness (QED) is 0.930. The summed E-state index contributed by atoms with van der Waals surface area (Å²) in [5, 5.41) is 0. The number of rotatable bonds is 3. The number of carbonyl (C=O) groups excluding carboxylic acids is 1. The fraction of sp³-hybridized carbons (Fsp3) is 0.462. The van der Waals surface area contributed by atoms with Crippen LogP contribution >= 0.6 is 0 Å². The van der Waals surface area contributed by atoms with Crippen molar-refractivity contribution in [1.82, 2.24) is 0 Å². The minimum atomic E-state index is -4.40. The van der Waals surface area contributed by atoms with Gasteiger partial charge in [-0.3, -0.25) is 4.90 Å². The molecule has 1 aliphatic rings. The molecule has 1 saturated heterocycles. The molecule has 20 heavy (non-hydrogen) atoms. The average Bonchev–Trinajstić information content (AvgIpc) is 2.65. The van der Waals surface area contributed by atoms with Crippen LogP contribution in [-0.2, 0) is 10.9 Å². The number of cyclic esters (lactones) is 1. The molecular weight excluding hydrogens is 273 g/mol. The normalized spacial score (nSPS) is 23.1. The van der Waals surface area contributed by atoms with Gasteiger partial charge in [-0.1, -0.05) is 0 Å². The van der Waals surface area contributed by atoms with Crippen molar-refractivity contribution in [1.29, 1.82) is 0 Å². The summed E-state index contributed by atoms with van der Waals surface area (Å²) in [5.74, 6) is 0. The average molecular weight is 288 g/mol. The monoisotopic (exact) mass is 288 g/mol. The second-order valence-corrected chi connectivity index (χ2v) is 4.97. The summed E-state index contributed by atoms with van der Waals surface area (Å²) in [6.07, 6.45) is -4.47. The number of halogens is 3. The van der Waals surface area contributed by atoms with E-state index >= 15 is 0 Å². The highest BCUT2D eigenvalue weighted by molar-refractivity contribution is 5.91. The van der Waals surface area contributed by atoms with Gasteiger partial charge in [0.25, 0.3) is 0 Å². The molecule has 1 heterocycles. The molecule has 1 aliphatic heterocycles. The van der Waals surface area contributed by atoms with Crippen LogP contribution in [0.25, 0.3) is 0 Å². The molecule has 110 valence electrons. The maximum absolute atomic E-state index is 12.5. The van der Waals surface area contributed by atoms with Crippen molar-refractivity contribution in [3.63, 3.8) is 0 Å². The summed E-state index contributed by atoms with van der Waals surface area (Å²) < 4.78 is 42.6. The Morgan fingerprint density at radius 2 is 1.95 bits per heavy atom. The minimum absolute atomic E-state index is 0.171. The molecule has 1 atom stereocenters. The number of nitrogens with two attached hydrogens (primary N) is 1. The maximum atomic E-state index is 12.5. The van der Waals surface area contributed by atoms with Gasteiger partial charge >= 0.3 is 12.3 Å². The number of carbonyl (C=O) groups is 1. The van der Waals surface area contributed by atoms with Crippen molar-refractivity contribution in [2.45, 2.75) is 25.1 Å². The van der Waals surface area contributed by atoms with Crippen LogP contribution in [0.15, 0.2) is 24.3 Å². The van der Waals surface area contributed by atoms with Gasteiger partial charge in [0.1, 0.15) is 6.61 Å². The highest BCUT2D eigenvalue weighted by atomic mass is 19.4. The van der Waals surface area contributed by atoms with Crippen molar-refractivity contribution in [2.75, 3.05) is 18.1 Å². The molecule has 2 N–H and O–H groups in total. The van der Waals surface area contributed by atoms with Crippen LogP contribution in [0.3, 0.4) is 0 Å². The summed E-state index contributed by atoms with van der Waals surface area (Å²) in [6.45, 7) is 2.32. The number of anilines is 1. The van der Waals surface area contributed by atoms with Gasteiger partial charge in [-0.15, -0.1) is 0 Å². The number of alkyl halides is 3. The van der Waals surface area contributed by atoms with E-state index in [0.717, 1.165) is 12.1 Å². The Kier molecular flexibility index (Phi) is 3.64. The highest BCUT2D eigenvalue weighted by Crippen LogP contribution is 2.35. The fourth-order valence-corrected chi connectivity index (χ4v) is 2.28. The number of ether oxygens (including phenoxy) is 1. The van der Waals surface area contributed by atoms with Crippen LogP contribution in [0.4, 0.5) is 23.7 Å². The van der Waals surface area contributed by atoms with E-state index in [1.165, 1.54) is 17.0 Å². The van der Waals surface area contributed by atoms with Gasteiger partial charge in [0.05, 0.1) is 11.1 Å². The van der Waals surface area contributed by atoms with Crippen LogP contribution in [0.5, 0.6) is 0 Å². The van der Waals surface area contributed by atoms with Crippen LogP contribution in [0, 0.1) is 0 Å². The number of nitrogens with zero attached hydrogens (tertiary/aromatic N) is 1. The molecule has 0 bridgehead atoms. The number of benzene rings is 1. The topological polar surface area (TPSA) is 55.6 Å². The summed E-state index contributed by atoms with van der Waals surface area (Å²) in [7, 11) is 0. The van der Waals surface area contributed by atoms with Crippen LogP contribution < -0.4 is 10.6 Å². The molecule has 7 heteroatoms. The third kappa shape index (κ3) is 2.58. The van der Waals surface area contributed by atoms with Gasteiger partial charge in [0, 0.05) is 5.69 Å². The molecule has 1 fully saturated rings. The zero-order valence-electron chi connectivity index (χ0n) is 10.9. The molecule has 1 unspecified atom stereocenters. The lowest BCUT2D eigenvalue weighted by molar-refractivity contribution is -0.137. The zero-order valence-corrected chi connectivity index (χ0v) is 10.9. The fourth-order valence-electron chi connectivity index (χ4n) is 2.28. The first-order valence-corrected chi connectivity index (χ1v) is 6.12. The maximum Gasteiger partial charge on any atom is 0.416 e. The molecule has 4 nitrogen and oxygen atoms in total. The summed E-state index contributed by atoms with van der Waals surface area (Å²) in [4.78, 5) is 13.1. The van der Waals surface area contributed by atoms with Gasteiger partial charge < -0.3 is 10.5 Å². The minimum Gasteiger partial charge on any atom is -0.447 e. The largest absolute Gasteiger partial charge is 0.447 e. The summed E-state index contributed by atoms with van der Waals surface area (Å²) >= 11 is 0. The molecule has 0 saturated carbocycles. The first-order valence-electron chi connectivity index (χ1n) is 6.12. The SMILES string of the molecule is CC1(CCN)COC(=O)N1c1ccc(C(F)(F)F)cc1. The Morgan fingerprint density at radius 3 is 2.45 bits per heavy atom. The van der Waals surface area contributed by atoms with Crippen molar-refractivity contribution >= 4 is 11.8 Å². The molecule has 1 amide bonds. The predicted molar refractivity (Wildman–Crippen MR) is 67.3 cm³/mol. The Morgan fingerprint density at radius 1 is 1.35 bits per heavy atom. The first-order chi connectivity index (χ1) is 9.28. The van der Waals surface area contributed by atoms with Crippen molar-refractivity contribution in [3.8, 4) is 0 Å². The number of hydrogen-bond donors (Lipinski definition) is 1. The number of hydrogen-bond acceptors (Lipinski definition) is 3. The lowest BCUT2D eigenvalue weighted by Crippen LogP contribution is -2.46. The van der Waals surface area contributed by atoms with E-state index in [-0.39, 0.29) is 6.61 Å². The summed E-state index contributed by atoms with van der Waals surface area (Å²) in [6, 6.07) is 4.43. The van der Waals surface area contributed by atoms with E-state index in [0.29, 0.717) is 18.7 Å². The highest BCUT2D eigenvalue weighted by Gasteiger charge is 2.44. The van der Waals surface area contributed by atoms with Crippen molar-refractivity contribution < 1.29 is 22.7 Å². The van der Waals surface area contributed by atoms with E-state index in [4.69, 9.17) is 10.5 Å². The predicted octanol–water partition coefficient (Wildman–Crippen LogP) is 2.77. The Balaban J connectivity index is 2.32. The van der Waals surface area contributed by atoms with E-state index in [9.17, 15) is 18.0 Å². The Bertz CT molecular complexity index is 501. The smallest absolute Gasteiger partial charge is 0.416 e. The van der Waals surface area contributed by atoms with E-state index in [2.05, 4.69) is 0 Å². The molecular formula is C13H15F3N2O2. The van der Waals surface area contributed by atoms with Gasteiger partial charge in [0.2, 0.25) is 0 Å². The first kappa shape index (κ1) is 14.6. The molecule has 0 aliphatic carbocycles. The standard InChI is InChI=1S/C13H15F3N2O2/c1-12(6-7-17)8-20-11(19)18(12)10-4-2-9(3-5-10)13(14,15)16/h2-5H,6-8,17H2,1H3. The molecule has 1 aromatic carbocycles. The van der Waals surface area contributed by atoms with Gasteiger partial charge in [-0.2, -0.15) is 13.2 Å².